The highest BCUT2D eigenvalue weighted by Gasteiger charge is 2.41. The number of benzene rings is 1. The van der Waals surface area contributed by atoms with Crippen molar-refractivity contribution in [2.24, 2.45) is 0 Å². The topological polar surface area (TPSA) is 73.9 Å². The highest BCUT2D eigenvalue weighted by atomic mass is 16.5. The largest absolute Gasteiger partial charge is 0.490 e. The Balaban J connectivity index is 2.24. The minimum absolute atomic E-state index is 0.0795. The number of esters is 1. The Morgan fingerprint density at radius 1 is 1.17 bits per heavy atom. The number of methoxy groups -OCH3 is 2. The zero-order valence-corrected chi connectivity index (χ0v) is 14.7. The van der Waals surface area contributed by atoms with Crippen molar-refractivity contribution in [2.75, 3.05) is 19.5 Å². The molecule has 0 unspecified atom stereocenters. The maximum absolute atomic E-state index is 12.6. The van der Waals surface area contributed by atoms with Gasteiger partial charge in [0.25, 0.3) is 5.91 Å². The first-order valence-corrected chi connectivity index (χ1v) is 8.17. The second-order valence-electron chi connectivity index (χ2n) is 6.23. The highest BCUT2D eigenvalue weighted by Crippen LogP contribution is 2.34. The number of amides is 1. The summed E-state index contributed by atoms with van der Waals surface area (Å²) in [6.45, 7) is 3.75. The van der Waals surface area contributed by atoms with Crippen LogP contribution >= 0.6 is 0 Å². The molecule has 1 aliphatic rings. The zero-order chi connectivity index (χ0) is 17.7. The van der Waals surface area contributed by atoms with Crippen LogP contribution in [0.2, 0.25) is 0 Å². The summed E-state index contributed by atoms with van der Waals surface area (Å²) >= 11 is 0. The molecule has 24 heavy (non-hydrogen) atoms. The average molecular weight is 335 g/mol. The van der Waals surface area contributed by atoms with Gasteiger partial charge in [-0.05, 0) is 57.7 Å². The average Bonchev–Trinajstić information content (AvgIpc) is 3.05. The molecule has 1 N–H and O–H groups in total. The van der Waals surface area contributed by atoms with Crippen molar-refractivity contribution in [1.82, 2.24) is 0 Å². The Morgan fingerprint density at radius 2 is 1.83 bits per heavy atom. The smallest absolute Gasteiger partial charge is 0.341 e. The van der Waals surface area contributed by atoms with E-state index in [2.05, 4.69) is 5.32 Å². The van der Waals surface area contributed by atoms with Crippen molar-refractivity contribution in [3.63, 3.8) is 0 Å². The third kappa shape index (κ3) is 3.87. The molecule has 0 atom stereocenters. The fourth-order valence-electron chi connectivity index (χ4n) is 2.95. The molecule has 6 nitrogen and oxygen atoms in total. The lowest BCUT2D eigenvalue weighted by Gasteiger charge is -2.26. The Morgan fingerprint density at radius 3 is 2.38 bits per heavy atom. The van der Waals surface area contributed by atoms with Crippen LogP contribution < -0.4 is 10.1 Å². The molecule has 0 aliphatic heterocycles. The monoisotopic (exact) mass is 335 g/mol. The molecule has 6 heteroatoms. The van der Waals surface area contributed by atoms with Gasteiger partial charge >= 0.3 is 5.97 Å². The summed E-state index contributed by atoms with van der Waals surface area (Å²) in [5.41, 5.74) is 0.0140. The van der Waals surface area contributed by atoms with E-state index in [1.54, 1.807) is 25.3 Å². The standard InChI is InChI=1S/C18H25NO5/c1-12(2)24-15-8-7-13(11-14(15)16(20)22-3)19-17(21)18(23-4)9-5-6-10-18/h7-8,11-12H,5-6,9-10H2,1-4H3,(H,19,21). The first-order valence-electron chi connectivity index (χ1n) is 8.17. The van der Waals surface area contributed by atoms with Crippen LogP contribution in [-0.2, 0) is 14.3 Å². The van der Waals surface area contributed by atoms with E-state index in [9.17, 15) is 9.59 Å². The van der Waals surface area contributed by atoms with Crippen LogP contribution in [0.1, 0.15) is 49.9 Å². The van der Waals surface area contributed by atoms with Gasteiger partial charge in [-0.2, -0.15) is 0 Å². The van der Waals surface area contributed by atoms with Crippen molar-refractivity contribution in [1.29, 1.82) is 0 Å². The van der Waals surface area contributed by atoms with Gasteiger partial charge in [-0.25, -0.2) is 4.79 Å². The van der Waals surface area contributed by atoms with Gasteiger partial charge in [0.15, 0.2) is 0 Å². The lowest BCUT2D eigenvalue weighted by atomic mass is 10.0. The summed E-state index contributed by atoms with van der Waals surface area (Å²) < 4.78 is 15.9. The molecule has 0 bridgehead atoms. The number of anilines is 1. The third-order valence-corrected chi connectivity index (χ3v) is 4.22. The van der Waals surface area contributed by atoms with Crippen LogP contribution in [0, 0.1) is 0 Å². The molecule has 0 aromatic heterocycles. The van der Waals surface area contributed by atoms with E-state index in [0.29, 0.717) is 24.3 Å². The van der Waals surface area contributed by atoms with Gasteiger partial charge in [-0.1, -0.05) is 0 Å². The summed E-state index contributed by atoms with van der Waals surface area (Å²) in [7, 11) is 2.87. The minimum Gasteiger partial charge on any atom is -0.490 e. The first kappa shape index (κ1) is 18.3. The molecule has 2 rings (SSSR count). The molecule has 1 aromatic rings. The van der Waals surface area contributed by atoms with Crippen molar-refractivity contribution in [2.45, 2.75) is 51.2 Å². The SMILES string of the molecule is COC(=O)c1cc(NC(=O)C2(OC)CCCC2)ccc1OC(C)C. The number of ether oxygens (including phenoxy) is 3. The molecular formula is C18H25NO5. The predicted octanol–water partition coefficient (Wildman–Crippen LogP) is 3.16. The molecule has 0 spiro atoms. The molecule has 1 fully saturated rings. The second kappa shape index (κ2) is 7.66. The van der Waals surface area contributed by atoms with E-state index >= 15 is 0 Å². The van der Waals surface area contributed by atoms with Gasteiger partial charge in [0.2, 0.25) is 0 Å². The molecule has 1 aliphatic carbocycles. The third-order valence-electron chi connectivity index (χ3n) is 4.22. The molecule has 1 aromatic carbocycles. The van der Waals surface area contributed by atoms with Gasteiger partial charge < -0.3 is 19.5 Å². The minimum atomic E-state index is -0.779. The van der Waals surface area contributed by atoms with Gasteiger partial charge in [0, 0.05) is 12.8 Å². The van der Waals surface area contributed by atoms with E-state index in [0.717, 1.165) is 12.8 Å². The van der Waals surface area contributed by atoms with E-state index < -0.39 is 11.6 Å². The number of hydrogen-bond acceptors (Lipinski definition) is 5. The van der Waals surface area contributed by atoms with Crippen LogP contribution in [0.5, 0.6) is 5.75 Å². The lowest BCUT2D eigenvalue weighted by molar-refractivity contribution is -0.137. The van der Waals surface area contributed by atoms with Crippen LogP contribution in [0.15, 0.2) is 18.2 Å². The summed E-state index contributed by atoms with van der Waals surface area (Å²) in [5.74, 6) is -0.267. The number of hydrogen-bond donors (Lipinski definition) is 1. The van der Waals surface area contributed by atoms with Crippen molar-refractivity contribution < 1.29 is 23.8 Å². The fraction of sp³-hybridized carbons (Fsp3) is 0.556. The molecule has 0 saturated heterocycles. The lowest BCUT2D eigenvalue weighted by Crippen LogP contribution is -2.42. The van der Waals surface area contributed by atoms with Gasteiger partial charge in [0.05, 0.1) is 13.2 Å². The summed E-state index contributed by atoms with van der Waals surface area (Å²) in [6.07, 6.45) is 3.26. The maximum Gasteiger partial charge on any atom is 0.341 e. The normalized spacial score (nSPS) is 16.0. The summed E-state index contributed by atoms with van der Waals surface area (Å²) in [5, 5.41) is 2.85. The van der Waals surface area contributed by atoms with Crippen LogP contribution in [-0.4, -0.2) is 37.8 Å². The molecule has 1 saturated carbocycles. The van der Waals surface area contributed by atoms with E-state index in [1.165, 1.54) is 7.11 Å². The molecule has 1 amide bonds. The Kier molecular flexibility index (Phi) is 5.83. The molecule has 132 valence electrons. The zero-order valence-electron chi connectivity index (χ0n) is 14.7. The van der Waals surface area contributed by atoms with Crippen molar-refractivity contribution >= 4 is 17.6 Å². The number of nitrogens with one attached hydrogen (secondary N) is 1. The van der Waals surface area contributed by atoms with Crippen molar-refractivity contribution in [3.8, 4) is 5.75 Å². The number of carbonyl (C=O) groups excluding carboxylic acids is 2. The summed E-state index contributed by atoms with van der Waals surface area (Å²) in [4.78, 5) is 24.6. The van der Waals surface area contributed by atoms with Crippen molar-refractivity contribution in [3.05, 3.63) is 23.8 Å². The Bertz CT molecular complexity index is 605. The van der Waals surface area contributed by atoms with E-state index in [4.69, 9.17) is 14.2 Å². The van der Waals surface area contributed by atoms with E-state index in [1.807, 2.05) is 13.8 Å². The molecular weight excluding hydrogens is 310 g/mol. The molecule has 0 heterocycles. The van der Waals surface area contributed by atoms with Crippen LogP contribution in [0.25, 0.3) is 0 Å². The number of carbonyl (C=O) groups is 2. The van der Waals surface area contributed by atoms with Gasteiger partial charge in [-0.3, -0.25) is 4.79 Å². The van der Waals surface area contributed by atoms with Crippen LogP contribution in [0.4, 0.5) is 5.69 Å². The predicted molar refractivity (Wildman–Crippen MR) is 90.4 cm³/mol. The molecule has 0 radical (unpaired) electrons. The fourth-order valence-corrected chi connectivity index (χ4v) is 2.95. The highest BCUT2D eigenvalue weighted by molar-refractivity contribution is 5.99. The van der Waals surface area contributed by atoms with E-state index in [-0.39, 0.29) is 17.6 Å². The first-order chi connectivity index (χ1) is 11.4. The van der Waals surface area contributed by atoms with Crippen LogP contribution in [0.3, 0.4) is 0 Å². The maximum atomic E-state index is 12.6. The Labute approximate surface area is 142 Å². The second-order valence-corrected chi connectivity index (χ2v) is 6.23. The number of rotatable bonds is 6. The summed E-state index contributed by atoms with van der Waals surface area (Å²) in [6, 6.07) is 4.94. The Hall–Kier alpha value is -2.08. The quantitative estimate of drug-likeness (QED) is 0.808. The van der Waals surface area contributed by atoms with Gasteiger partial charge in [0.1, 0.15) is 16.9 Å². The van der Waals surface area contributed by atoms with Gasteiger partial charge in [-0.15, -0.1) is 0 Å².